The van der Waals surface area contributed by atoms with Gasteiger partial charge >= 0.3 is 0 Å². The molecule has 4 heteroatoms. The van der Waals surface area contributed by atoms with Gasteiger partial charge in [0.1, 0.15) is 0 Å². The van der Waals surface area contributed by atoms with Crippen molar-refractivity contribution in [2.45, 2.75) is 51.9 Å². The lowest BCUT2D eigenvalue weighted by molar-refractivity contribution is 0.287. The molecule has 3 nitrogen and oxygen atoms in total. The number of aromatic nitrogens is 1. The van der Waals surface area contributed by atoms with Gasteiger partial charge in [0.2, 0.25) is 5.88 Å². The summed E-state index contributed by atoms with van der Waals surface area (Å²) >= 11 is 1.79. The highest BCUT2D eigenvalue weighted by Crippen LogP contribution is 2.25. The minimum Gasteiger partial charge on any atom is -0.477 e. The van der Waals surface area contributed by atoms with E-state index in [0.29, 0.717) is 5.92 Å². The molecule has 0 saturated carbocycles. The summed E-state index contributed by atoms with van der Waals surface area (Å²) in [4.78, 5) is 8.38. The van der Waals surface area contributed by atoms with Gasteiger partial charge < -0.3 is 9.64 Å². The average Bonchev–Trinajstić information content (AvgIpc) is 3.07. The normalized spacial score (nSPS) is 11.4. The number of pyridine rings is 1. The summed E-state index contributed by atoms with van der Waals surface area (Å²) in [5.41, 5.74) is 2.30. The van der Waals surface area contributed by atoms with Crippen molar-refractivity contribution < 1.29 is 4.74 Å². The molecule has 0 atom stereocenters. The molecule has 0 spiro atoms. The standard InChI is InChI=1S/C21H32N2OS/c1-17(2)20-12-11-18(16-19-10-9-15-25-19)21(22-20)24-14-8-6-5-7-13-23(3)4/h9-12,15,17H,5-8,13-14,16H2,1-4H3. The summed E-state index contributed by atoms with van der Waals surface area (Å²) in [5, 5.41) is 2.12. The maximum Gasteiger partial charge on any atom is 0.217 e. The number of hydrogen-bond donors (Lipinski definition) is 0. The van der Waals surface area contributed by atoms with Crippen LogP contribution in [0.25, 0.3) is 0 Å². The van der Waals surface area contributed by atoms with E-state index in [9.17, 15) is 0 Å². The molecule has 138 valence electrons. The van der Waals surface area contributed by atoms with Gasteiger partial charge in [0.05, 0.1) is 6.61 Å². The van der Waals surface area contributed by atoms with Crippen LogP contribution >= 0.6 is 11.3 Å². The van der Waals surface area contributed by atoms with Crippen LogP contribution in [0.4, 0.5) is 0 Å². The fraction of sp³-hybridized carbons (Fsp3) is 0.571. The Bertz CT molecular complexity index is 608. The lowest BCUT2D eigenvalue weighted by Gasteiger charge is -2.13. The Hall–Kier alpha value is -1.39. The van der Waals surface area contributed by atoms with Gasteiger partial charge in [-0.2, -0.15) is 0 Å². The van der Waals surface area contributed by atoms with Crippen molar-refractivity contribution in [3.63, 3.8) is 0 Å². The fourth-order valence-corrected chi connectivity index (χ4v) is 3.45. The highest BCUT2D eigenvalue weighted by Gasteiger charge is 2.11. The van der Waals surface area contributed by atoms with Crippen molar-refractivity contribution in [2.75, 3.05) is 27.2 Å². The van der Waals surface area contributed by atoms with Gasteiger partial charge in [-0.25, -0.2) is 4.98 Å². The summed E-state index contributed by atoms with van der Waals surface area (Å²) in [6, 6.07) is 8.61. The number of nitrogens with zero attached hydrogens (tertiary/aromatic N) is 2. The first-order valence-electron chi connectivity index (χ1n) is 9.36. The molecule has 0 bridgehead atoms. The second kappa shape index (κ2) is 10.6. The zero-order chi connectivity index (χ0) is 18.1. The summed E-state index contributed by atoms with van der Waals surface area (Å²) in [6.45, 7) is 6.28. The molecule has 0 N–H and O–H groups in total. The van der Waals surface area contributed by atoms with Crippen molar-refractivity contribution in [1.82, 2.24) is 9.88 Å². The molecule has 0 aliphatic heterocycles. The van der Waals surface area contributed by atoms with E-state index < -0.39 is 0 Å². The molecule has 0 unspecified atom stereocenters. The molecule has 0 amide bonds. The maximum absolute atomic E-state index is 6.09. The third-order valence-corrected chi connectivity index (χ3v) is 5.11. The van der Waals surface area contributed by atoms with E-state index in [1.165, 1.54) is 36.2 Å². The molecule has 0 radical (unpaired) electrons. The van der Waals surface area contributed by atoms with Gasteiger partial charge in [0.25, 0.3) is 0 Å². The van der Waals surface area contributed by atoms with Gasteiger partial charge in [0, 0.05) is 22.6 Å². The summed E-state index contributed by atoms with van der Waals surface area (Å²) in [7, 11) is 4.26. The Balaban J connectivity index is 1.88. The van der Waals surface area contributed by atoms with Crippen LogP contribution in [-0.2, 0) is 6.42 Å². The maximum atomic E-state index is 6.09. The van der Waals surface area contributed by atoms with E-state index in [4.69, 9.17) is 9.72 Å². The monoisotopic (exact) mass is 360 g/mol. The lowest BCUT2D eigenvalue weighted by atomic mass is 10.1. The van der Waals surface area contributed by atoms with Crippen LogP contribution in [0.2, 0.25) is 0 Å². The first-order valence-corrected chi connectivity index (χ1v) is 10.2. The molecule has 2 aromatic rings. The minimum atomic E-state index is 0.421. The van der Waals surface area contributed by atoms with Crippen LogP contribution in [0.15, 0.2) is 29.6 Å². The SMILES string of the molecule is CC(C)c1ccc(Cc2cccs2)c(OCCCCCCN(C)C)n1. The van der Waals surface area contributed by atoms with E-state index >= 15 is 0 Å². The molecule has 0 aliphatic rings. The lowest BCUT2D eigenvalue weighted by Crippen LogP contribution is -2.12. The zero-order valence-electron chi connectivity index (χ0n) is 16.1. The van der Waals surface area contributed by atoms with Gasteiger partial charge in [0.15, 0.2) is 0 Å². The number of ether oxygens (including phenoxy) is 1. The quantitative estimate of drug-likeness (QED) is 0.505. The van der Waals surface area contributed by atoms with E-state index in [1.54, 1.807) is 11.3 Å². The number of unbranched alkanes of at least 4 members (excludes halogenated alkanes) is 3. The van der Waals surface area contributed by atoms with Crippen LogP contribution in [-0.4, -0.2) is 37.1 Å². The van der Waals surface area contributed by atoms with Crippen molar-refractivity contribution in [1.29, 1.82) is 0 Å². The molecule has 2 heterocycles. The summed E-state index contributed by atoms with van der Waals surface area (Å²) < 4.78 is 6.09. The fourth-order valence-electron chi connectivity index (χ4n) is 2.72. The van der Waals surface area contributed by atoms with Crippen LogP contribution < -0.4 is 4.74 Å². The molecule has 2 aromatic heterocycles. The van der Waals surface area contributed by atoms with Crippen molar-refractivity contribution in [3.05, 3.63) is 45.8 Å². The van der Waals surface area contributed by atoms with E-state index in [1.807, 2.05) is 0 Å². The predicted octanol–water partition coefficient (Wildman–Crippen LogP) is 5.36. The van der Waals surface area contributed by atoms with Crippen molar-refractivity contribution in [2.24, 2.45) is 0 Å². The van der Waals surface area contributed by atoms with Gasteiger partial charge in [-0.3, -0.25) is 0 Å². The summed E-state index contributed by atoms with van der Waals surface area (Å²) in [6.07, 6.45) is 5.75. The number of thiophene rings is 1. The molecule has 0 aromatic carbocycles. The van der Waals surface area contributed by atoms with Gasteiger partial charge in [-0.1, -0.05) is 38.8 Å². The van der Waals surface area contributed by atoms with Crippen LogP contribution in [0, 0.1) is 0 Å². The molecule has 0 aliphatic carbocycles. The Morgan fingerprint density at radius 1 is 1.08 bits per heavy atom. The third kappa shape index (κ3) is 7.17. The van der Waals surface area contributed by atoms with Gasteiger partial charge in [-0.05, 0) is 56.9 Å². The molecule has 0 fully saturated rings. The Morgan fingerprint density at radius 3 is 2.56 bits per heavy atom. The zero-order valence-corrected chi connectivity index (χ0v) is 16.9. The second-order valence-corrected chi connectivity index (χ2v) is 8.21. The largest absolute Gasteiger partial charge is 0.477 e. The van der Waals surface area contributed by atoms with Crippen LogP contribution in [0.1, 0.15) is 61.6 Å². The smallest absolute Gasteiger partial charge is 0.217 e. The molecule has 25 heavy (non-hydrogen) atoms. The molecule has 0 saturated heterocycles. The average molecular weight is 361 g/mol. The predicted molar refractivity (Wildman–Crippen MR) is 108 cm³/mol. The van der Waals surface area contributed by atoms with E-state index in [2.05, 4.69) is 62.5 Å². The first-order chi connectivity index (χ1) is 12.1. The van der Waals surface area contributed by atoms with Crippen molar-refractivity contribution in [3.8, 4) is 5.88 Å². The topological polar surface area (TPSA) is 25.4 Å². The van der Waals surface area contributed by atoms with Gasteiger partial charge in [-0.15, -0.1) is 11.3 Å². The van der Waals surface area contributed by atoms with Crippen LogP contribution in [0.3, 0.4) is 0 Å². The number of rotatable bonds is 11. The highest BCUT2D eigenvalue weighted by atomic mass is 32.1. The molecule has 2 rings (SSSR count). The summed E-state index contributed by atoms with van der Waals surface area (Å²) in [5.74, 6) is 1.25. The first kappa shape index (κ1) is 19.9. The number of hydrogen-bond acceptors (Lipinski definition) is 4. The Morgan fingerprint density at radius 2 is 1.88 bits per heavy atom. The molecular formula is C21H32N2OS. The van der Waals surface area contributed by atoms with E-state index in [0.717, 1.165) is 31.0 Å². The molecular weight excluding hydrogens is 328 g/mol. The Kier molecular flexibility index (Phi) is 8.42. The Labute approximate surface area is 157 Å². The second-order valence-electron chi connectivity index (χ2n) is 7.18. The highest BCUT2D eigenvalue weighted by molar-refractivity contribution is 7.09. The van der Waals surface area contributed by atoms with Crippen molar-refractivity contribution >= 4 is 11.3 Å². The van der Waals surface area contributed by atoms with E-state index in [-0.39, 0.29) is 0 Å². The van der Waals surface area contributed by atoms with Crippen LogP contribution in [0.5, 0.6) is 5.88 Å². The minimum absolute atomic E-state index is 0.421. The third-order valence-electron chi connectivity index (χ3n) is 4.24.